The van der Waals surface area contributed by atoms with Gasteiger partial charge >= 0.3 is 6.03 Å². The summed E-state index contributed by atoms with van der Waals surface area (Å²) in [4.78, 5) is 33.5. The topological polar surface area (TPSA) is 74.8 Å². The van der Waals surface area contributed by atoms with Crippen molar-refractivity contribution in [2.45, 2.75) is 19.4 Å². The van der Waals surface area contributed by atoms with Crippen LogP contribution in [0.15, 0.2) is 48.7 Å². The van der Waals surface area contributed by atoms with Crippen LogP contribution in [-0.2, 0) is 11.3 Å². The highest BCUT2D eigenvalue weighted by molar-refractivity contribution is 5.94. The second-order valence-electron chi connectivity index (χ2n) is 7.07. The molecule has 7 heteroatoms. The van der Waals surface area contributed by atoms with Crippen LogP contribution in [0.4, 0.5) is 10.5 Å². The van der Waals surface area contributed by atoms with Crippen molar-refractivity contribution in [3.8, 4) is 5.75 Å². The number of carbonyl (C=O) groups is 2. The summed E-state index contributed by atoms with van der Waals surface area (Å²) >= 11 is 0. The number of benzene rings is 1. The number of piperidine rings is 1. The molecule has 1 N–H and O–H groups in total. The van der Waals surface area contributed by atoms with Crippen molar-refractivity contribution in [2.24, 2.45) is 5.92 Å². The molecule has 0 radical (unpaired) electrons. The largest absolute Gasteiger partial charge is 0.490 e. The smallest absolute Gasteiger partial charge is 0.324 e. The monoisotopic (exact) mass is 380 g/mol. The van der Waals surface area contributed by atoms with Crippen LogP contribution in [0.2, 0.25) is 0 Å². The Balaban J connectivity index is 1.38. The van der Waals surface area contributed by atoms with Crippen LogP contribution in [0.25, 0.3) is 0 Å². The van der Waals surface area contributed by atoms with Gasteiger partial charge < -0.3 is 15.0 Å². The van der Waals surface area contributed by atoms with Crippen LogP contribution >= 0.6 is 0 Å². The van der Waals surface area contributed by atoms with E-state index in [9.17, 15) is 9.59 Å². The Labute approximate surface area is 164 Å². The van der Waals surface area contributed by atoms with E-state index < -0.39 is 0 Å². The first kappa shape index (κ1) is 18.3. The Bertz CT molecular complexity index is 843. The molecule has 28 heavy (non-hydrogen) atoms. The fourth-order valence-corrected chi connectivity index (χ4v) is 3.73. The molecular formula is C21H24N4O3. The van der Waals surface area contributed by atoms with Gasteiger partial charge in [-0.15, -0.1) is 0 Å². The summed E-state index contributed by atoms with van der Waals surface area (Å²) in [5.74, 6) is 0.506. The van der Waals surface area contributed by atoms with E-state index in [1.54, 1.807) is 16.0 Å². The maximum absolute atomic E-state index is 13.1. The SMILES string of the molecule is O=C(NCc1ccccn1)[C@@H]1CCCN(C(=O)N2CCOc3ccccc32)C1. The average Bonchev–Trinajstić information content (AvgIpc) is 2.77. The number of ether oxygens (including phenoxy) is 1. The van der Waals surface area contributed by atoms with Crippen LogP contribution in [0.3, 0.4) is 0 Å². The number of urea groups is 1. The predicted octanol–water partition coefficient (Wildman–Crippen LogP) is 2.43. The Morgan fingerprint density at radius 1 is 1.14 bits per heavy atom. The quantitative estimate of drug-likeness (QED) is 0.887. The molecule has 3 heterocycles. The Hall–Kier alpha value is -3.09. The third-order valence-electron chi connectivity index (χ3n) is 5.19. The molecule has 2 aliphatic rings. The third-order valence-corrected chi connectivity index (χ3v) is 5.19. The van der Waals surface area contributed by atoms with Gasteiger partial charge in [0.05, 0.1) is 30.4 Å². The summed E-state index contributed by atoms with van der Waals surface area (Å²) in [6.45, 7) is 2.50. The van der Waals surface area contributed by atoms with Crippen LogP contribution in [0, 0.1) is 5.92 Å². The van der Waals surface area contributed by atoms with E-state index in [0.717, 1.165) is 30.0 Å². The fourth-order valence-electron chi connectivity index (χ4n) is 3.73. The van der Waals surface area contributed by atoms with E-state index in [0.29, 0.717) is 32.8 Å². The van der Waals surface area contributed by atoms with Gasteiger partial charge in [-0.1, -0.05) is 18.2 Å². The summed E-state index contributed by atoms with van der Waals surface area (Å²) in [6, 6.07) is 13.1. The van der Waals surface area contributed by atoms with E-state index in [1.165, 1.54) is 0 Å². The molecule has 146 valence electrons. The third kappa shape index (κ3) is 3.93. The van der Waals surface area contributed by atoms with Gasteiger partial charge in [-0.05, 0) is 37.1 Å². The molecule has 0 aliphatic carbocycles. The van der Waals surface area contributed by atoms with Gasteiger partial charge in [0.1, 0.15) is 12.4 Å². The second-order valence-corrected chi connectivity index (χ2v) is 7.07. The molecule has 0 saturated carbocycles. The fraction of sp³-hybridized carbons (Fsp3) is 0.381. The Kier molecular flexibility index (Phi) is 5.41. The normalized spacial score (nSPS) is 18.8. The summed E-state index contributed by atoms with van der Waals surface area (Å²) in [5, 5.41) is 2.95. The van der Waals surface area contributed by atoms with Gasteiger partial charge in [0, 0.05) is 19.3 Å². The first-order valence-electron chi connectivity index (χ1n) is 9.68. The highest BCUT2D eigenvalue weighted by Gasteiger charge is 2.33. The van der Waals surface area contributed by atoms with Crippen molar-refractivity contribution >= 4 is 17.6 Å². The van der Waals surface area contributed by atoms with E-state index in [2.05, 4.69) is 10.3 Å². The number of hydrogen-bond acceptors (Lipinski definition) is 4. The van der Waals surface area contributed by atoms with E-state index in [4.69, 9.17) is 4.74 Å². The van der Waals surface area contributed by atoms with Gasteiger partial charge in [0.2, 0.25) is 5.91 Å². The molecule has 4 rings (SSSR count). The molecule has 2 aromatic rings. The zero-order valence-electron chi connectivity index (χ0n) is 15.7. The van der Waals surface area contributed by atoms with Crippen molar-refractivity contribution < 1.29 is 14.3 Å². The van der Waals surface area contributed by atoms with Crippen molar-refractivity contribution in [1.29, 1.82) is 0 Å². The summed E-state index contributed by atoms with van der Waals surface area (Å²) in [6.07, 6.45) is 3.32. The molecule has 3 amide bonds. The molecule has 2 aliphatic heterocycles. The maximum atomic E-state index is 13.1. The lowest BCUT2D eigenvalue weighted by Crippen LogP contribution is -2.52. The minimum absolute atomic E-state index is 0.0227. The molecule has 0 bridgehead atoms. The zero-order valence-corrected chi connectivity index (χ0v) is 15.7. The molecule has 1 fully saturated rings. The predicted molar refractivity (Wildman–Crippen MR) is 105 cm³/mol. The highest BCUT2D eigenvalue weighted by atomic mass is 16.5. The molecule has 1 aromatic carbocycles. The second kappa shape index (κ2) is 8.29. The Morgan fingerprint density at radius 2 is 2.00 bits per heavy atom. The lowest BCUT2D eigenvalue weighted by atomic mass is 9.97. The number of likely N-dealkylation sites (tertiary alicyclic amines) is 1. The number of aromatic nitrogens is 1. The van der Waals surface area contributed by atoms with Crippen molar-refractivity contribution in [3.05, 3.63) is 54.4 Å². The van der Waals surface area contributed by atoms with Crippen molar-refractivity contribution in [2.75, 3.05) is 31.1 Å². The number of nitrogens with zero attached hydrogens (tertiary/aromatic N) is 3. The molecule has 1 atom stereocenters. The number of para-hydroxylation sites is 2. The zero-order chi connectivity index (χ0) is 19.3. The van der Waals surface area contributed by atoms with Gasteiger partial charge in [-0.3, -0.25) is 14.7 Å². The lowest BCUT2D eigenvalue weighted by molar-refractivity contribution is -0.126. The number of hydrogen-bond donors (Lipinski definition) is 1. The van der Waals surface area contributed by atoms with Gasteiger partial charge in [0.15, 0.2) is 0 Å². The van der Waals surface area contributed by atoms with E-state index >= 15 is 0 Å². The number of fused-ring (bicyclic) bond motifs is 1. The molecule has 1 saturated heterocycles. The maximum Gasteiger partial charge on any atom is 0.324 e. The van der Waals surface area contributed by atoms with E-state index in [1.807, 2.05) is 42.5 Å². The van der Waals surface area contributed by atoms with Crippen LogP contribution in [0.1, 0.15) is 18.5 Å². The lowest BCUT2D eigenvalue weighted by Gasteiger charge is -2.37. The van der Waals surface area contributed by atoms with E-state index in [-0.39, 0.29) is 17.9 Å². The first-order chi connectivity index (χ1) is 13.7. The number of rotatable bonds is 3. The van der Waals surface area contributed by atoms with Gasteiger partial charge in [-0.2, -0.15) is 0 Å². The van der Waals surface area contributed by atoms with Crippen molar-refractivity contribution in [1.82, 2.24) is 15.2 Å². The molecule has 0 spiro atoms. The highest BCUT2D eigenvalue weighted by Crippen LogP contribution is 2.32. The number of nitrogens with one attached hydrogen (secondary N) is 1. The standard InChI is InChI=1S/C21H24N4O3/c26-20(23-14-17-7-3-4-10-22-17)16-6-5-11-24(15-16)21(27)25-12-13-28-19-9-2-1-8-18(19)25/h1-4,7-10,16H,5-6,11-15H2,(H,23,26)/t16-/m1/s1. The minimum atomic E-state index is -0.197. The van der Waals surface area contributed by atoms with Crippen molar-refractivity contribution in [3.63, 3.8) is 0 Å². The summed E-state index contributed by atoms with van der Waals surface area (Å²) < 4.78 is 5.64. The molecular weight excluding hydrogens is 356 g/mol. The molecule has 7 nitrogen and oxygen atoms in total. The molecule has 0 unspecified atom stereocenters. The van der Waals surface area contributed by atoms with Crippen LogP contribution < -0.4 is 15.0 Å². The Morgan fingerprint density at radius 3 is 2.86 bits per heavy atom. The van der Waals surface area contributed by atoms with Crippen LogP contribution in [-0.4, -0.2) is 48.1 Å². The van der Waals surface area contributed by atoms with Crippen LogP contribution in [0.5, 0.6) is 5.75 Å². The first-order valence-corrected chi connectivity index (χ1v) is 9.68. The number of anilines is 1. The average molecular weight is 380 g/mol. The van der Waals surface area contributed by atoms with Gasteiger partial charge in [-0.25, -0.2) is 4.79 Å². The van der Waals surface area contributed by atoms with Gasteiger partial charge in [0.25, 0.3) is 0 Å². The summed E-state index contributed by atoms with van der Waals surface area (Å²) in [7, 11) is 0. The number of amides is 3. The molecule has 1 aromatic heterocycles. The summed E-state index contributed by atoms with van der Waals surface area (Å²) in [5.41, 5.74) is 1.62. The number of pyridine rings is 1. The number of carbonyl (C=O) groups excluding carboxylic acids is 2. The minimum Gasteiger partial charge on any atom is -0.490 e.